The zero-order valence-electron chi connectivity index (χ0n) is 7.06. The summed E-state index contributed by atoms with van der Waals surface area (Å²) >= 11 is 7.23. The van der Waals surface area contributed by atoms with Gasteiger partial charge in [0.25, 0.3) is 0 Å². The number of aryl methyl sites for hydroxylation is 1. The molecule has 0 fully saturated rings. The second-order valence-electron chi connectivity index (χ2n) is 2.53. The quantitative estimate of drug-likeness (QED) is 0.388. The van der Waals surface area contributed by atoms with Gasteiger partial charge in [0.1, 0.15) is 0 Å². The molecule has 1 rings (SSSR count). The normalized spacial score (nSPS) is 9.17. The third kappa shape index (κ3) is 2.89. The first-order valence-electron chi connectivity index (χ1n) is 3.93. The zero-order valence-corrected chi connectivity index (χ0v) is 8.63. The summed E-state index contributed by atoms with van der Waals surface area (Å²) < 4.78 is 0. The van der Waals surface area contributed by atoms with Gasteiger partial charge in [-0.2, -0.15) is 0 Å². The van der Waals surface area contributed by atoms with E-state index in [4.69, 9.17) is 11.6 Å². The third-order valence-corrected chi connectivity index (χ3v) is 2.70. The predicted molar refractivity (Wildman–Crippen MR) is 55.9 cm³/mol. The third-order valence-electron chi connectivity index (χ3n) is 1.50. The topological polar surface area (TPSA) is 0 Å². The Balaban J connectivity index is 2.49. The van der Waals surface area contributed by atoms with Crippen LogP contribution in [-0.2, 0) is 0 Å². The van der Waals surface area contributed by atoms with Gasteiger partial charge in [0.2, 0.25) is 0 Å². The Morgan fingerprint density at radius 2 is 2.42 bits per heavy atom. The molecule has 2 heteroatoms. The molecule has 0 aliphatic carbocycles. The largest absolute Gasteiger partial charge is 0.135 e. The summed E-state index contributed by atoms with van der Waals surface area (Å²) in [5.41, 5.74) is 1.28. The number of hydrogen-bond acceptors (Lipinski definition) is 1. The van der Waals surface area contributed by atoms with E-state index < -0.39 is 0 Å². The molecular weight excluding hydrogens is 188 g/mol. The Hall–Kier alpha value is -0.450. The Morgan fingerprint density at radius 1 is 1.58 bits per heavy atom. The van der Waals surface area contributed by atoms with Gasteiger partial charge < -0.3 is 0 Å². The van der Waals surface area contributed by atoms with Crippen molar-refractivity contribution in [2.45, 2.75) is 19.8 Å². The Bertz CT molecular complexity index is 290. The molecule has 0 unspecified atom stereocenters. The molecule has 1 aromatic heterocycles. The van der Waals surface area contributed by atoms with Crippen LogP contribution in [0.4, 0.5) is 0 Å². The van der Waals surface area contributed by atoms with Crippen molar-refractivity contribution in [1.82, 2.24) is 0 Å². The highest BCUT2D eigenvalue weighted by Crippen LogP contribution is 2.13. The maximum Gasteiger partial charge on any atom is 0.0797 e. The first kappa shape index (κ1) is 9.64. The lowest BCUT2D eigenvalue weighted by Gasteiger charge is -1.85. The van der Waals surface area contributed by atoms with Crippen LogP contribution in [0.2, 0.25) is 0 Å². The molecule has 0 radical (unpaired) electrons. The van der Waals surface area contributed by atoms with Crippen LogP contribution in [0, 0.1) is 18.8 Å². The summed E-state index contributed by atoms with van der Waals surface area (Å²) in [7, 11) is 0. The van der Waals surface area contributed by atoms with E-state index in [9.17, 15) is 0 Å². The molecule has 0 amide bonds. The average Bonchev–Trinajstić information content (AvgIpc) is 2.46. The Kier molecular flexibility index (Phi) is 4.21. The van der Waals surface area contributed by atoms with Gasteiger partial charge in [-0.25, -0.2) is 0 Å². The first-order chi connectivity index (χ1) is 5.84. The molecule has 0 aliphatic rings. The molecule has 0 saturated carbocycles. The molecular formula is C10H11ClS. The second-order valence-corrected chi connectivity index (χ2v) is 3.82. The molecule has 0 aromatic carbocycles. The van der Waals surface area contributed by atoms with Gasteiger partial charge in [-0.15, -0.1) is 22.9 Å². The summed E-state index contributed by atoms with van der Waals surface area (Å²) in [6, 6.07) is 2.09. The molecule has 0 bridgehead atoms. The van der Waals surface area contributed by atoms with Gasteiger partial charge in [-0.05, 0) is 30.4 Å². The van der Waals surface area contributed by atoms with Gasteiger partial charge in [-0.1, -0.05) is 11.8 Å². The highest BCUT2D eigenvalue weighted by atomic mass is 35.5. The number of hydrogen-bond donors (Lipinski definition) is 0. The van der Waals surface area contributed by atoms with Crippen molar-refractivity contribution in [2.24, 2.45) is 0 Å². The smallest absolute Gasteiger partial charge is 0.0797 e. The van der Waals surface area contributed by atoms with Crippen molar-refractivity contribution in [3.05, 3.63) is 21.9 Å². The first-order valence-corrected chi connectivity index (χ1v) is 5.35. The van der Waals surface area contributed by atoms with Crippen molar-refractivity contribution < 1.29 is 0 Å². The number of rotatable bonds is 2. The van der Waals surface area contributed by atoms with Gasteiger partial charge in [0, 0.05) is 12.3 Å². The van der Waals surface area contributed by atoms with E-state index >= 15 is 0 Å². The fourth-order valence-electron chi connectivity index (χ4n) is 0.799. The SMILES string of the molecule is Cc1ccsc1C#CCCCCl. The van der Waals surface area contributed by atoms with Crippen LogP contribution in [0.3, 0.4) is 0 Å². The molecule has 0 spiro atoms. The van der Waals surface area contributed by atoms with Gasteiger partial charge in [0.05, 0.1) is 4.88 Å². The summed E-state index contributed by atoms with van der Waals surface area (Å²) in [5.74, 6) is 6.95. The maximum absolute atomic E-state index is 5.53. The van der Waals surface area contributed by atoms with Crippen LogP contribution in [0.1, 0.15) is 23.3 Å². The minimum Gasteiger partial charge on any atom is -0.135 e. The molecule has 0 nitrogen and oxygen atoms in total. The molecule has 0 N–H and O–H groups in total. The van der Waals surface area contributed by atoms with Gasteiger partial charge in [0.15, 0.2) is 0 Å². The maximum atomic E-state index is 5.53. The summed E-state index contributed by atoms with van der Waals surface area (Å²) in [6.07, 6.45) is 1.89. The second kappa shape index (κ2) is 5.24. The fraction of sp³-hybridized carbons (Fsp3) is 0.400. The van der Waals surface area contributed by atoms with Crippen LogP contribution in [0.5, 0.6) is 0 Å². The number of halogens is 1. The van der Waals surface area contributed by atoms with E-state index in [1.165, 1.54) is 10.4 Å². The monoisotopic (exact) mass is 198 g/mol. The van der Waals surface area contributed by atoms with E-state index in [-0.39, 0.29) is 0 Å². The lowest BCUT2D eigenvalue weighted by Crippen LogP contribution is -1.73. The van der Waals surface area contributed by atoms with Crippen LogP contribution < -0.4 is 0 Å². The van der Waals surface area contributed by atoms with Crippen LogP contribution >= 0.6 is 22.9 Å². The average molecular weight is 199 g/mol. The Labute approximate surface area is 82.6 Å². The van der Waals surface area contributed by atoms with E-state index in [0.717, 1.165) is 12.8 Å². The zero-order chi connectivity index (χ0) is 8.81. The fourth-order valence-corrected chi connectivity index (χ4v) is 1.73. The lowest BCUT2D eigenvalue weighted by molar-refractivity contribution is 0.991. The van der Waals surface area contributed by atoms with Gasteiger partial charge in [-0.3, -0.25) is 0 Å². The highest BCUT2D eigenvalue weighted by Gasteiger charge is 1.92. The van der Waals surface area contributed by atoms with E-state index in [2.05, 4.69) is 30.2 Å². The summed E-state index contributed by atoms with van der Waals surface area (Å²) in [5, 5.41) is 2.07. The van der Waals surface area contributed by atoms with Crippen molar-refractivity contribution in [3.8, 4) is 11.8 Å². The van der Waals surface area contributed by atoms with Gasteiger partial charge >= 0.3 is 0 Å². The summed E-state index contributed by atoms with van der Waals surface area (Å²) in [4.78, 5) is 1.18. The molecule has 0 aliphatic heterocycles. The van der Waals surface area contributed by atoms with E-state index in [0.29, 0.717) is 5.88 Å². The van der Waals surface area contributed by atoms with Crippen molar-refractivity contribution in [1.29, 1.82) is 0 Å². The van der Waals surface area contributed by atoms with Crippen LogP contribution in [0.15, 0.2) is 11.4 Å². The Morgan fingerprint density at radius 3 is 3.00 bits per heavy atom. The number of unbranched alkanes of at least 4 members (excludes halogenated alkanes) is 1. The molecule has 1 aromatic rings. The minimum absolute atomic E-state index is 0.706. The number of alkyl halides is 1. The van der Waals surface area contributed by atoms with E-state index in [1.54, 1.807) is 11.3 Å². The van der Waals surface area contributed by atoms with Crippen molar-refractivity contribution >= 4 is 22.9 Å². The minimum atomic E-state index is 0.706. The molecule has 0 atom stereocenters. The molecule has 12 heavy (non-hydrogen) atoms. The summed E-state index contributed by atoms with van der Waals surface area (Å²) in [6.45, 7) is 2.09. The lowest BCUT2D eigenvalue weighted by atomic mass is 10.3. The highest BCUT2D eigenvalue weighted by molar-refractivity contribution is 7.10. The molecule has 1 heterocycles. The molecule has 0 saturated heterocycles. The van der Waals surface area contributed by atoms with Crippen molar-refractivity contribution in [2.75, 3.05) is 5.88 Å². The van der Waals surface area contributed by atoms with Crippen LogP contribution in [0.25, 0.3) is 0 Å². The standard InChI is InChI=1S/C10H11ClS/c1-9-6-8-12-10(9)5-3-2-4-7-11/h6,8H,2,4,7H2,1H3. The van der Waals surface area contributed by atoms with Crippen molar-refractivity contribution in [3.63, 3.8) is 0 Å². The van der Waals surface area contributed by atoms with E-state index in [1.807, 2.05) is 0 Å². The predicted octanol–water partition coefficient (Wildman–Crippen LogP) is 3.43. The number of thiophene rings is 1. The molecule has 64 valence electrons. The van der Waals surface area contributed by atoms with Crippen LogP contribution in [-0.4, -0.2) is 5.88 Å².